The van der Waals surface area contributed by atoms with E-state index in [-0.39, 0.29) is 6.42 Å². The molecule has 5 nitrogen and oxygen atoms in total. The molecule has 0 aromatic heterocycles. The molecule has 1 aliphatic rings. The van der Waals surface area contributed by atoms with Crippen molar-refractivity contribution in [3.8, 4) is 0 Å². The van der Waals surface area contributed by atoms with Crippen molar-refractivity contribution in [1.29, 1.82) is 0 Å². The van der Waals surface area contributed by atoms with Crippen molar-refractivity contribution in [2.45, 2.75) is 25.5 Å². The van der Waals surface area contributed by atoms with Crippen LogP contribution in [-0.4, -0.2) is 64.8 Å². The summed E-state index contributed by atoms with van der Waals surface area (Å²) in [5.74, 6) is -0.846. The van der Waals surface area contributed by atoms with E-state index in [1.54, 1.807) is 0 Å². The first-order chi connectivity index (χ1) is 10.1. The van der Waals surface area contributed by atoms with Crippen molar-refractivity contribution < 1.29 is 15.0 Å². The average molecular weight is 292 g/mol. The molecule has 1 fully saturated rings. The van der Waals surface area contributed by atoms with Gasteiger partial charge in [0.15, 0.2) is 0 Å². The van der Waals surface area contributed by atoms with Crippen LogP contribution in [0.5, 0.6) is 0 Å². The van der Waals surface area contributed by atoms with Gasteiger partial charge in [-0.15, -0.1) is 0 Å². The van der Waals surface area contributed by atoms with E-state index >= 15 is 0 Å². The summed E-state index contributed by atoms with van der Waals surface area (Å²) in [4.78, 5) is 15.1. The molecule has 2 N–H and O–H groups in total. The fourth-order valence-electron chi connectivity index (χ4n) is 2.65. The zero-order valence-corrected chi connectivity index (χ0v) is 12.3. The van der Waals surface area contributed by atoms with Crippen molar-refractivity contribution in [2.24, 2.45) is 0 Å². The summed E-state index contributed by atoms with van der Waals surface area (Å²) in [6.07, 6.45) is -0.170. The molecular formula is C16H24N2O3. The Morgan fingerprint density at radius 2 is 1.71 bits per heavy atom. The van der Waals surface area contributed by atoms with Crippen molar-refractivity contribution in [3.05, 3.63) is 35.9 Å². The van der Waals surface area contributed by atoms with Gasteiger partial charge in [0.2, 0.25) is 0 Å². The van der Waals surface area contributed by atoms with E-state index in [0.29, 0.717) is 13.0 Å². The summed E-state index contributed by atoms with van der Waals surface area (Å²) in [7, 11) is 0. The summed E-state index contributed by atoms with van der Waals surface area (Å²) < 4.78 is 0. The first-order valence-electron chi connectivity index (χ1n) is 7.52. The number of β-amino-alcohol motifs (C(OH)–C–C–N with tert-alkyl or cyclic N) is 1. The van der Waals surface area contributed by atoms with Gasteiger partial charge in [-0.3, -0.25) is 14.6 Å². The number of aliphatic carboxylic acids is 1. The zero-order valence-electron chi connectivity index (χ0n) is 12.3. The fourth-order valence-corrected chi connectivity index (χ4v) is 2.65. The van der Waals surface area contributed by atoms with Gasteiger partial charge in [-0.05, 0) is 12.0 Å². The van der Waals surface area contributed by atoms with Crippen molar-refractivity contribution in [3.63, 3.8) is 0 Å². The van der Waals surface area contributed by atoms with Crippen LogP contribution in [0.15, 0.2) is 30.3 Å². The van der Waals surface area contributed by atoms with Gasteiger partial charge >= 0.3 is 5.97 Å². The lowest BCUT2D eigenvalue weighted by Crippen LogP contribution is -2.48. The van der Waals surface area contributed by atoms with E-state index in [1.165, 1.54) is 5.56 Å². The van der Waals surface area contributed by atoms with Gasteiger partial charge in [-0.2, -0.15) is 0 Å². The highest BCUT2D eigenvalue weighted by Gasteiger charge is 2.19. The number of aliphatic hydroxyl groups excluding tert-OH is 1. The van der Waals surface area contributed by atoms with Gasteiger partial charge in [-0.1, -0.05) is 30.3 Å². The maximum absolute atomic E-state index is 10.5. The van der Waals surface area contributed by atoms with Crippen molar-refractivity contribution in [1.82, 2.24) is 9.80 Å². The Balaban J connectivity index is 1.67. The van der Waals surface area contributed by atoms with Gasteiger partial charge in [0.25, 0.3) is 0 Å². The van der Waals surface area contributed by atoms with Crippen LogP contribution in [0.3, 0.4) is 0 Å². The van der Waals surface area contributed by atoms with E-state index in [0.717, 1.165) is 32.7 Å². The summed E-state index contributed by atoms with van der Waals surface area (Å²) in [5.41, 5.74) is 1.33. The molecule has 116 valence electrons. The second kappa shape index (κ2) is 8.12. The molecule has 0 saturated carbocycles. The predicted octanol–water partition coefficient (Wildman–Crippen LogP) is 1.03. The largest absolute Gasteiger partial charge is 0.481 e. The molecule has 1 aromatic rings. The summed E-state index contributed by atoms with van der Waals surface area (Å²) in [6, 6.07) is 10.4. The quantitative estimate of drug-likeness (QED) is 0.786. The van der Waals surface area contributed by atoms with E-state index in [1.807, 2.05) is 6.07 Å². The number of benzene rings is 1. The van der Waals surface area contributed by atoms with Crippen molar-refractivity contribution in [2.75, 3.05) is 32.7 Å². The van der Waals surface area contributed by atoms with Crippen molar-refractivity contribution >= 4 is 5.97 Å². The number of aliphatic hydroxyl groups is 1. The average Bonchev–Trinajstić information content (AvgIpc) is 2.48. The Morgan fingerprint density at radius 1 is 1.10 bits per heavy atom. The van der Waals surface area contributed by atoms with Crippen LogP contribution in [0.4, 0.5) is 0 Å². The van der Waals surface area contributed by atoms with Gasteiger partial charge < -0.3 is 10.2 Å². The SMILES string of the molecule is O=C(O)CCC(O)CN1CCN(Cc2ccccc2)CC1. The predicted molar refractivity (Wildman–Crippen MR) is 81.0 cm³/mol. The number of nitrogens with zero attached hydrogens (tertiary/aromatic N) is 2. The molecule has 1 unspecified atom stereocenters. The second-order valence-electron chi connectivity index (χ2n) is 5.65. The lowest BCUT2D eigenvalue weighted by atomic mass is 10.1. The maximum atomic E-state index is 10.5. The number of carboxylic acids is 1. The van der Waals surface area contributed by atoms with Crippen LogP contribution in [0.2, 0.25) is 0 Å². The third-order valence-electron chi connectivity index (χ3n) is 3.87. The van der Waals surface area contributed by atoms with E-state index in [4.69, 9.17) is 5.11 Å². The van der Waals surface area contributed by atoms with Crippen LogP contribution < -0.4 is 0 Å². The monoisotopic (exact) mass is 292 g/mol. The molecule has 2 rings (SSSR count). The van der Waals surface area contributed by atoms with Crippen LogP contribution >= 0.6 is 0 Å². The molecule has 1 aliphatic heterocycles. The minimum Gasteiger partial charge on any atom is -0.481 e. The lowest BCUT2D eigenvalue weighted by Gasteiger charge is -2.35. The van der Waals surface area contributed by atoms with Crippen LogP contribution in [0.1, 0.15) is 18.4 Å². The van der Waals surface area contributed by atoms with Crippen LogP contribution in [-0.2, 0) is 11.3 Å². The second-order valence-corrected chi connectivity index (χ2v) is 5.65. The fraction of sp³-hybridized carbons (Fsp3) is 0.562. The highest BCUT2D eigenvalue weighted by Crippen LogP contribution is 2.09. The topological polar surface area (TPSA) is 64.0 Å². The number of rotatable bonds is 7. The first kappa shape index (κ1) is 15.9. The number of hydrogen-bond acceptors (Lipinski definition) is 4. The van der Waals surface area contributed by atoms with Crippen LogP contribution in [0.25, 0.3) is 0 Å². The van der Waals surface area contributed by atoms with Crippen LogP contribution in [0, 0.1) is 0 Å². The molecule has 5 heteroatoms. The van der Waals surface area contributed by atoms with Gasteiger partial charge in [0.05, 0.1) is 6.10 Å². The molecule has 1 aromatic carbocycles. The summed E-state index contributed by atoms with van der Waals surface area (Å²) >= 11 is 0. The highest BCUT2D eigenvalue weighted by atomic mass is 16.4. The smallest absolute Gasteiger partial charge is 0.303 e. The Morgan fingerprint density at radius 3 is 2.33 bits per heavy atom. The number of carbonyl (C=O) groups is 1. The molecule has 1 atom stereocenters. The van der Waals surface area contributed by atoms with Gasteiger partial charge in [0.1, 0.15) is 0 Å². The third-order valence-corrected chi connectivity index (χ3v) is 3.87. The molecule has 1 saturated heterocycles. The number of hydrogen-bond donors (Lipinski definition) is 2. The molecule has 0 aliphatic carbocycles. The minimum atomic E-state index is -0.846. The molecule has 1 heterocycles. The Hall–Kier alpha value is -1.43. The Kier molecular flexibility index (Phi) is 6.17. The maximum Gasteiger partial charge on any atom is 0.303 e. The Labute approximate surface area is 125 Å². The number of piperazine rings is 1. The third kappa shape index (κ3) is 5.83. The molecule has 0 spiro atoms. The normalized spacial score (nSPS) is 18.5. The molecule has 0 radical (unpaired) electrons. The molecule has 0 bridgehead atoms. The molecule has 0 amide bonds. The van der Waals surface area contributed by atoms with E-state index in [9.17, 15) is 9.90 Å². The summed E-state index contributed by atoms with van der Waals surface area (Å²) in [6.45, 7) is 5.37. The van der Waals surface area contributed by atoms with Gasteiger partial charge in [-0.25, -0.2) is 0 Å². The molecular weight excluding hydrogens is 268 g/mol. The van der Waals surface area contributed by atoms with Gasteiger partial charge in [0, 0.05) is 45.7 Å². The zero-order chi connectivity index (χ0) is 15.1. The summed E-state index contributed by atoms with van der Waals surface area (Å²) in [5, 5.41) is 18.4. The minimum absolute atomic E-state index is 0.0368. The first-order valence-corrected chi connectivity index (χ1v) is 7.52. The standard InChI is InChI=1S/C16H24N2O3/c19-15(6-7-16(20)21)13-18-10-8-17(9-11-18)12-14-4-2-1-3-5-14/h1-5,15,19H,6-13H2,(H,20,21). The van der Waals surface area contributed by atoms with E-state index in [2.05, 4.69) is 34.1 Å². The Bertz CT molecular complexity index is 430. The molecule has 21 heavy (non-hydrogen) atoms. The van der Waals surface area contributed by atoms with E-state index < -0.39 is 12.1 Å². The number of carboxylic acid groups (broad SMARTS) is 1. The highest BCUT2D eigenvalue weighted by molar-refractivity contribution is 5.66. The lowest BCUT2D eigenvalue weighted by molar-refractivity contribution is -0.137.